The van der Waals surface area contributed by atoms with Crippen LogP contribution in [0.1, 0.15) is 97.5 Å². The van der Waals surface area contributed by atoms with E-state index in [1.165, 1.54) is 12.1 Å². The molecule has 1 aromatic carbocycles. The topological polar surface area (TPSA) is 142 Å². The lowest BCUT2D eigenvalue weighted by atomic mass is 9.86. The summed E-state index contributed by atoms with van der Waals surface area (Å²) in [4.78, 5) is 48.3. The summed E-state index contributed by atoms with van der Waals surface area (Å²) < 4.78 is 16.2. The van der Waals surface area contributed by atoms with Crippen molar-refractivity contribution in [2.24, 2.45) is 5.73 Å². The second-order valence-corrected chi connectivity index (χ2v) is 9.14. The Kier molecular flexibility index (Phi) is 13.8. The van der Waals surface area contributed by atoms with Gasteiger partial charge in [0.05, 0.1) is 0 Å². The van der Waals surface area contributed by atoms with Gasteiger partial charge in [-0.1, -0.05) is 52.5 Å². The average molecular weight is 508 g/mol. The van der Waals surface area contributed by atoms with Crippen LogP contribution in [0.2, 0.25) is 0 Å². The molecule has 9 heteroatoms. The molecule has 202 valence electrons. The fourth-order valence-electron chi connectivity index (χ4n) is 3.67. The third-order valence-electron chi connectivity index (χ3n) is 5.64. The van der Waals surface area contributed by atoms with E-state index in [4.69, 9.17) is 19.9 Å². The van der Waals surface area contributed by atoms with E-state index in [1.54, 1.807) is 19.9 Å². The van der Waals surface area contributed by atoms with Gasteiger partial charge in [-0.2, -0.15) is 0 Å². The summed E-state index contributed by atoms with van der Waals surface area (Å²) in [5.41, 5.74) is 4.95. The molecule has 0 aliphatic rings. The molecule has 9 nitrogen and oxygen atoms in total. The molecule has 36 heavy (non-hydrogen) atoms. The minimum Gasteiger partial charge on any atom is -0.480 e. The highest BCUT2D eigenvalue weighted by Crippen LogP contribution is 2.31. The number of carbonyl (C=O) groups is 4. The number of carboxylic acids is 1. The molecule has 0 amide bonds. The van der Waals surface area contributed by atoms with Crippen LogP contribution < -0.4 is 15.2 Å². The van der Waals surface area contributed by atoms with E-state index in [0.717, 1.165) is 25.7 Å². The molecule has 0 heterocycles. The van der Waals surface area contributed by atoms with Gasteiger partial charge >= 0.3 is 23.9 Å². The first-order valence-corrected chi connectivity index (χ1v) is 12.8. The zero-order valence-electron chi connectivity index (χ0n) is 22.0. The van der Waals surface area contributed by atoms with E-state index in [0.29, 0.717) is 18.4 Å². The molecule has 0 saturated carbocycles. The van der Waals surface area contributed by atoms with Gasteiger partial charge in [-0.15, -0.1) is 0 Å². The van der Waals surface area contributed by atoms with Gasteiger partial charge in [0.25, 0.3) is 0 Å². The Morgan fingerprint density at radius 2 is 1.44 bits per heavy atom. The molecule has 1 aromatic rings. The highest BCUT2D eigenvalue weighted by molar-refractivity contribution is 5.80. The number of hydrogen-bond donors (Lipinski definition) is 2. The molecule has 0 fully saturated rings. The first kappa shape index (κ1) is 31.1. The Morgan fingerprint density at radius 3 is 1.94 bits per heavy atom. The highest BCUT2D eigenvalue weighted by Gasteiger charge is 2.37. The second-order valence-electron chi connectivity index (χ2n) is 9.14. The van der Waals surface area contributed by atoms with Crippen molar-refractivity contribution >= 4 is 23.9 Å². The smallest absolute Gasteiger partial charge is 0.324 e. The molecule has 0 radical (unpaired) electrons. The van der Waals surface area contributed by atoms with E-state index in [-0.39, 0.29) is 43.6 Å². The zero-order valence-corrected chi connectivity index (χ0v) is 22.0. The van der Waals surface area contributed by atoms with Crippen molar-refractivity contribution in [2.75, 3.05) is 0 Å². The number of carbonyl (C=O) groups excluding carboxylic acids is 3. The third kappa shape index (κ3) is 11.2. The van der Waals surface area contributed by atoms with Crippen molar-refractivity contribution in [2.45, 2.75) is 110 Å². The largest absolute Gasteiger partial charge is 0.480 e. The average Bonchev–Trinajstić information content (AvgIpc) is 2.80. The molecule has 3 N–H and O–H groups in total. The number of esters is 3. The summed E-state index contributed by atoms with van der Waals surface area (Å²) in [6.07, 6.45) is 4.70. The number of benzene rings is 1. The van der Waals surface area contributed by atoms with Gasteiger partial charge < -0.3 is 25.1 Å². The van der Waals surface area contributed by atoms with Crippen LogP contribution in [-0.4, -0.2) is 40.6 Å². The summed E-state index contributed by atoms with van der Waals surface area (Å²) in [5, 5.41) is 9.83. The van der Waals surface area contributed by atoms with Gasteiger partial charge in [-0.25, -0.2) is 0 Å². The Bertz CT molecular complexity index is 885. The Hall–Kier alpha value is -2.94. The van der Waals surface area contributed by atoms with Crippen LogP contribution in [-0.2, 0) is 30.3 Å². The van der Waals surface area contributed by atoms with Crippen LogP contribution in [0.5, 0.6) is 11.5 Å². The molecule has 0 aliphatic heterocycles. The standard InChI is InChI=1S/C27H41NO8/c1-5-8-10-12-24(30)35-21-15-14-20(16-22(21)36-25(31)13-11-9-6-2)18-27(28,26(32)33)17-19(4)34-23(29)7-3/h14-16,19H,5-13,17-18,28H2,1-4H3,(H,32,33)/t19-,27?/m0/s1. The van der Waals surface area contributed by atoms with Crippen LogP contribution >= 0.6 is 0 Å². The predicted octanol–water partition coefficient (Wildman–Crippen LogP) is 4.71. The van der Waals surface area contributed by atoms with E-state index in [9.17, 15) is 24.3 Å². The van der Waals surface area contributed by atoms with Crippen molar-refractivity contribution < 1.29 is 38.5 Å². The fourth-order valence-corrected chi connectivity index (χ4v) is 3.67. The van der Waals surface area contributed by atoms with Crippen LogP contribution in [0.4, 0.5) is 0 Å². The maximum Gasteiger partial charge on any atom is 0.324 e. The summed E-state index contributed by atoms with van der Waals surface area (Å²) in [7, 11) is 0. The number of nitrogens with two attached hydrogens (primary N) is 1. The van der Waals surface area contributed by atoms with Crippen molar-refractivity contribution in [3.05, 3.63) is 23.8 Å². The van der Waals surface area contributed by atoms with Crippen LogP contribution in [0.3, 0.4) is 0 Å². The van der Waals surface area contributed by atoms with Crippen molar-refractivity contribution in [3.8, 4) is 11.5 Å². The van der Waals surface area contributed by atoms with Crippen molar-refractivity contribution in [1.82, 2.24) is 0 Å². The zero-order chi connectivity index (χ0) is 27.1. The van der Waals surface area contributed by atoms with E-state index >= 15 is 0 Å². The summed E-state index contributed by atoms with van der Waals surface area (Å²) in [5.74, 6) is -2.49. The lowest BCUT2D eigenvalue weighted by Crippen LogP contribution is -2.52. The monoisotopic (exact) mass is 507 g/mol. The number of hydrogen-bond acceptors (Lipinski definition) is 8. The van der Waals surface area contributed by atoms with E-state index in [2.05, 4.69) is 0 Å². The Balaban J connectivity index is 3.13. The highest BCUT2D eigenvalue weighted by atomic mass is 16.6. The fraction of sp³-hybridized carbons (Fsp3) is 0.630. The molecule has 2 atom stereocenters. The van der Waals surface area contributed by atoms with Gasteiger partial charge in [-0.3, -0.25) is 19.2 Å². The lowest BCUT2D eigenvalue weighted by Gasteiger charge is -2.28. The molecule has 0 spiro atoms. The normalized spacial score (nSPS) is 13.4. The molecule has 1 unspecified atom stereocenters. The minimum atomic E-state index is -1.74. The first-order valence-electron chi connectivity index (χ1n) is 12.8. The van der Waals surface area contributed by atoms with Gasteiger partial charge in [0.15, 0.2) is 11.5 Å². The van der Waals surface area contributed by atoms with Crippen LogP contribution in [0, 0.1) is 0 Å². The maximum atomic E-state index is 12.4. The van der Waals surface area contributed by atoms with E-state index in [1.807, 2.05) is 13.8 Å². The van der Waals surface area contributed by atoms with Crippen molar-refractivity contribution in [3.63, 3.8) is 0 Å². The first-order chi connectivity index (χ1) is 17.0. The SMILES string of the molecule is CCCCCC(=O)Oc1ccc(CC(N)(C[C@H](C)OC(=O)CC)C(=O)O)cc1OC(=O)CCCCC. The Morgan fingerprint density at radius 1 is 0.889 bits per heavy atom. The molecule has 0 bridgehead atoms. The molecule has 0 aromatic heterocycles. The number of aliphatic carboxylic acids is 1. The van der Waals surface area contributed by atoms with Gasteiger partial charge in [0.1, 0.15) is 11.6 Å². The summed E-state index contributed by atoms with van der Waals surface area (Å²) in [6.45, 7) is 7.29. The number of carboxylic acid groups (broad SMARTS) is 1. The third-order valence-corrected chi connectivity index (χ3v) is 5.64. The van der Waals surface area contributed by atoms with Crippen LogP contribution in [0.15, 0.2) is 18.2 Å². The molecular weight excluding hydrogens is 466 g/mol. The lowest BCUT2D eigenvalue weighted by molar-refractivity contribution is -0.153. The van der Waals surface area contributed by atoms with Crippen molar-refractivity contribution in [1.29, 1.82) is 0 Å². The molecule has 0 aliphatic carbocycles. The number of unbranched alkanes of at least 4 members (excludes halogenated alkanes) is 4. The van der Waals surface area contributed by atoms with E-state index < -0.39 is 35.5 Å². The predicted molar refractivity (Wildman–Crippen MR) is 135 cm³/mol. The van der Waals surface area contributed by atoms with Gasteiger partial charge in [0, 0.05) is 32.1 Å². The number of ether oxygens (including phenoxy) is 3. The quantitative estimate of drug-likeness (QED) is 0.174. The molecule has 1 rings (SSSR count). The molecular formula is C27H41NO8. The molecule has 0 saturated heterocycles. The van der Waals surface area contributed by atoms with Crippen LogP contribution in [0.25, 0.3) is 0 Å². The minimum absolute atomic E-state index is 0.0380. The maximum absolute atomic E-state index is 12.4. The van der Waals surface area contributed by atoms with Gasteiger partial charge in [0.2, 0.25) is 0 Å². The second kappa shape index (κ2) is 15.9. The summed E-state index contributed by atoms with van der Waals surface area (Å²) in [6, 6.07) is 4.53. The summed E-state index contributed by atoms with van der Waals surface area (Å²) >= 11 is 0. The number of rotatable bonds is 17. The Labute approximate surface area is 213 Å². The van der Waals surface area contributed by atoms with Gasteiger partial charge in [-0.05, 0) is 37.5 Å².